The molecule has 2 heterocycles. The molecule has 1 fully saturated rings. The van der Waals surface area contributed by atoms with Crippen molar-refractivity contribution >= 4 is 81.4 Å². The number of aromatic nitrogens is 1. The first kappa shape index (κ1) is 41.9. The first-order chi connectivity index (χ1) is 23.8. The second-order valence-electron chi connectivity index (χ2n) is 13.2. The lowest BCUT2D eigenvalue weighted by Crippen LogP contribution is -2.62. The standard InChI is InChI=1S/C35H46Cl3N5O8/c1-20(2)29(30(45)40-28(18-49-7)31(46)43-16-8-9-26(42-43)32(47)50-19-35(36,37)38)41-33(48)34(5,6)15-14-23-10-11-24-12-13-25(39-27(24)17-23)21(3)51-22(4)44/h10-15,17,20-21,26,28-29,42H,8-9,16,18-19H2,1-7H3,(H,40,45)(H,41,48)/t21-,26+,28+,29+/m1/s1. The quantitative estimate of drug-likeness (QED) is 0.183. The number of amides is 3. The van der Waals surface area contributed by atoms with E-state index in [0.29, 0.717) is 24.1 Å². The Kier molecular flexibility index (Phi) is 15.1. The summed E-state index contributed by atoms with van der Waals surface area (Å²) in [6, 6.07) is 6.40. The summed E-state index contributed by atoms with van der Waals surface area (Å²) in [5.41, 5.74) is 3.89. The number of benzene rings is 1. The lowest BCUT2D eigenvalue weighted by Gasteiger charge is -2.35. The van der Waals surface area contributed by atoms with E-state index in [1.807, 2.05) is 30.3 Å². The van der Waals surface area contributed by atoms with Gasteiger partial charge in [-0.3, -0.25) is 29.0 Å². The van der Waals surface area contributed by atoms with Crippen molar-refractivity contribution in [1.82, 2.24) is 26.1 Å². The number of nitrogens with one attached hydrogen (secondary N) is 3. The lowest BCUT2D eigenvalue weighted by molar-refractivity contribution is -0.153. The molecule has 13 nitrogen and oxygen atoms in total. The van der Waals surface area contributed by atoms with Crippen LogP contribution in [0, 0.1) is 11.3 Å². The minimum absolute atomic E-state index is 0.164. The minimum atomic E-state index is -1.78. The highest BCUT2D eigenvalue weighted by Gasteiger charge is 2.37. The summed E-state index contributed by atoms with van der Waals surface area (Å²) in [6.07, 6.45) is 3.88. The summed E-state index contributed by atoms with van der Waals surface area (Å²) in [5.74, 6) is -2.96. The first-order valence-corrected chi connectivity index (χ1v) is 17.6. The Hall–Kier alpha value is -3.49. The molecule has 4 atom stereocenters. The van der Waals surface area contributed by atoms with Crippen LogP contribution >= 0.6 is 34.8 Å². The van der Waals surface area contributed by atoms with Crippen molar-refractivity contribution in [1.29, 1.82) is 0 Å². The highest BCUT2D eigenvalue weighted by molar-refractivity contribution is 6.67. The number of ether oxygens (including phenoxy) is 3. The van der Waals surface area contributed by atoms with Crippen LogP contribution in [0.4, 0.5) is 0 Å². The largest absolute Gasteiger partial charge is 0.460 e. The van der Waals surface area contributed by atoms with Crippen molar-refractivity contribution < 1.29 is 38.2 Å². The molecular weight excluding hydrogens is 725 g/mol. The van der Waals surface area contributed by atoms with Crippen LogP contribution in [-0.2, 0) is 38.2 Å². The molecule has 16 heteroatoms. The maximum absolute atomic E-state index is 13.6. The lowest BCUT2D eigenvalue weighted by atomic mass is 9.89. The van der Waals surface area contributed by atoms with Gasteiger partial charge in [0.15, 0.2) is 0 Å². The Morgan fingerprint density at radius 2 is 1.76 bits per heavy atom. The molecule has 280 valence electrons. The topological polar surface area (TPSA) is 165 Å². The fraction of sp³-hybridized carbons (Fsp3) is 0.543. The zero-order valence-electron chi connectivity index (χ0n) is 29.8. The second-order valence-corrected chi connectivity index (χ2v) is 15.8. The van der Waals surface area contributed by atoms with E-state index in [0.717, 1.165) is 10.9 Å². The van der Waals surface area contributed by atoms with Gasteiger partial charge in [0.1, 0.15) is 30.8 Å². The number of nitrogens with zero attached hydrogens (tertiary/aromatic N) is 2. The summed E-state index contributed by atoms with van der Waals surface area (Å²) in [4.78, 5) is 69.2. The van der Waals surface area contributed by atoms with E-state index in [4.69, 9.17) is 49.0 Å². The molecule has 0 bridgehead atoms. The van der Waals surface area contributed by atoms with Crippen LogP contribution in [0.1, 0.15) is 71.7 Å². The number of carbonyl (C=O) groups is 5. The fourth-order valence-electron chi connectivity index (χ4n) is 5.19. The van der Waals surface area contributed by atoms with Gasteiger partial charge in [0.2, 0.25) is 15.6 Å². The van der Waals surface area contributed by atoms with Gasteiger partial charge in [-0.25, -0.2) is 10.4 Å². The Morgan fingerprint density at radius 1 is 1.08 bits per heavy atom. The maximum Gasteiger partial charge on any atom is 0.325 e. The molecule has 1 aromatic carbocycles. The van der Waals surface area contributed by atoms with Crippen molar-refractivity contribution in [3.63, 3.8) is 0 Å². The van der Waals surface area contributed by atoms with Crippen LogP contribution < -0.4 is 16.1 Å². The Labute approximate surface area is 313 Å². The van der Waals surface area contributed by atoms with Crippen molar-refractivity contribution in [2.24, 2.45) is 11.3 Å². The molecule has 2 aromatic rings. The third-order valence-corrected chi connectivity index (χ3v) is 8.40. The molecule has 0 spiro atoms. The minimum Gasteiger partial charge on any atom is -0.460 e. The average molecular weight is 771 g/mol. The Morgan fingerprint density at radius 3 is 2.39 bits per heavy atom. The molecule has 3 rings (SSSR count). The molecule has 0 aliphatic carbocycles. The van der Waals surface area contributed by atoms with E-state index < -0.39 is 69.7 Å². The maximum atomic E-state index is 13.6. The molecule has 0 unspecified atom stereocenters. The molecule has 1 aliphatic heterocycles. The number of halogens is 3. The van der Waals surface area contributed by atoms with Gasteiger partial charge in [-0.15, -0.1) is 0 Å². The van der Waals surface area contributed by atoms with Gasteiger partial charge in [0.25, 0.3) is 5.91 Å². The molecule has 1 aliphatic rings. The molecule has 51 heavy (non-hydrogen) atoms. The molecular formula is C35H46Cl3N5O8. The smallest absolute Gasteiger partial charge is 0.325 e. The molecule has 0 saturated carbocycles. The Bertz CT molecular complexity index is 1610. The molecule has 3 amide bonds. The predicted molar refractivity (Wildman–Crippen MR) is 194 cm³/mol. The number of hydrogen-bond acceptors (Lipinski definition) is 10. The highest BCUT2D eigenvalue weighted by Crippen LogP contribution is 2.27. The van der Waals surface area contributed by atoms with Crippen LogP contribution in [-0.4, -0.2) is 88.4 Å². The average Bonchev–Trinajstić information content (AvgIpc) is 3.06. The number of alkyl halides is 3. The zero-order valence-corrected chi connectivity index (χ0v) is 32.0. The Balaban J connectivity index is 1.69. The zero-order chi connectivity index (χ0) is 38.1. The SMILES string of the molecule is COC[C@H](NC(=O)[C@@H](NC(=O)C(C)(C)C=Cc1ccc2ccc([C@@H](C)OC(C)=O)nc2c1)C(C)C)C(=O)N1CCC[C@@H](C(=O)OCC(Cl)(Cl)Cl)N1. The first-order valence-electron chi connectivity index (χ1n) is 16.5. The fourth-order valence-corrected chi connectivity index (χ4v) is 5.36. The summed E-state index contributed by atoms with van der Waals surface area (Å²) in [6.45, 7) is 9.73. The molecule has 0 radical (unpaired) electrons. The van der Waals surface area contributed by atoms with E-state index in [9.17, 15) is 24.0 Å². The number of fused-ring (bicyclic) bond motifs is 1. The van der Waals surface area contributed by atoms with E-state index in [1.165, 1.54) is 19.0 Å². The van der Waals surface area contributed by atoms with E-state index >= 15 is 0 Å². The second kappa shape index (κ2) is 18.3. The van der Waals surface area contributed by atoms with Gasteiger partial charge in [0, 0.05) is 26.0 Å². The number of rotatable bonds is 14. The monoisotopic (exact) mass is 769 g/mol. The third-order valence-electron chi connectivity index (χ3n) is 8.07. The molecule has 1 saturated heterocycles. The predicted octanol–water partition coefficient (Wildman–Crippen LogP) is 4.58. The number of pyridine rings is 1. The van der Waals surface area contributed by atoms with Crippen LogP contribution in [0.15, 0.2) is 36.4 Å². The summed E-state index contributed by atoms with van der Waals surface area (Å²) < 4.78 is 13.8. The number of hydrazine groups is 1. The number of carbonyl (C=O) groups excluding carboxylic acids is 5. The third kappa shape index (κ3) is 12.6. The number of hydrogen-bond donors (Lipinski definition) is 3. The number of esters is 2. The van der Waals surface area contributed by atoms with E-state index in [2.05, 4.69) is 21.0 Å². The van der Waals surface area contributed by atoms with Gasteiger partial charge in [-0.05, 0) is 57.2 Å². The molecule has 3 N–H and O–H groups in total. The van der Waals surface area contributed by atoms with Gasteiger partial charge >= 0.3 is 11.9 Å². The van der Waals surface area contributed by atoms with E-state index in [-0.39, 0.29) is 19.1 Å². The van der Waals surface area contributed by atoms with Crippen LogP contribution in [0.3, 0.4) is 0 Å². The summed E-state index contributed by atoms with van der Waals surface area (Å²) in [7, 11) is 1.39. The van der Waals surface area contributed by atoms with Crippen LogP contribution in [0.2, 0.25) is 0 Å². The number of methoxy groups -OCH3 is 1. The van der Waals surface area contributed by atoms with E-state index in [1.54, 1.807) is 46.8 Å². The van der Waals surface area contributed by atoms with Crippen molar-refractivity contribution in [2.75, 3.05) is 26.9 Å². The van der Waals surface area contributed by atoms with Gasteiger partial charge in [-0.2, -0.15) is 0 Å². The van der Waals surface area contributed by atoms with Gasteiger partial charge < -0.3 is 24.8 Å². The van der Waals surface area contributed by atoms with Gasteiger partial charge in [0.05, 0.1) is 23.2 Å². The summed E-state index contributed by atoms with van der Waals surface area (Å²) in [5, 5.41) is 7.68. The van der Waals surface area contributed by atoms with Crippen molar-refractivity contribution in [3.8, 4) is 0 Å². The summed E-state index contributed by atoms with van der Waals surface area (Å²) >= 11 is 17.0. The normalized spacial score (nSPS) is 17.2. The van der Waals surface area contributed by atoms with Crippen LogP contribution in [0.25, 0.3) is 17.0 Å². The molecule has 1 aromatic heterocycles. The van der Waals surface area contributed by atoms with Crippen molar-refractivity contribution in [3.05, 3.63) is 47.7 Å². The highest BCUT2D eigenvalue weighted by atomic mass is 35.6. The van der Waals surface area contributed by atoms with Crippen molar-refractivity contribution in [2.45, 2.75) is 82.4 Å². The van der Waals surface area contributed by atoms with Crippen LogP contribution in [0.5, 0.6) is 0 Å². The van der Waals surface area contributed by atoms with Gasteiger partial charge in [-0.1, -0.05) is 79.0 Å².